The van der Waals surface area contributed by atoms with E-state index in [4.69, 9.17) is 0 Å². The highest BCUT2D eigenvalue weighted by atomic mass is 32.1. The zero-order valence-electron chi connectivity index (χ0n) is 16.9. The molecule has 0 spiro atoms. The number of carbonyl (C=O) groups excluding carboxylic acids is 1. The van der Waals surface area contributed by atoms with Gasteiger partial charge in [-0.15, -0.1) is 11.3 Å². The molecule has 1 aromatic heterocycles. The van der Waals surface area contributed by atoms with Crippen LogP contribution in [0.15, 0.2) is 60.0 Å². The Morgan fingerprint density at radius 1 is 1.07 bits per heavy atom. The molecule has 4 rings (SSSR count). The molecule has 1 fully saturated rings. The first-order valence-corrected chi connectivity index (χ1v) is 11.0. The number of amides is 1. The summed E-state index contributed by atoms with van der Waals surface area (Å²) >= 11 is 1.45. The third-order valence-electron chi connectivity index (χ3n) is 5.61. The number of benzene rings is 2. The van der Waals surface area contributed by atoms with E-state index in [1.165, 1.54) is 11.3 Å². The lowest BCUT2D eigenvalue weighted by Crippen LogP contribution is -2.47. The molecular weight excluding hydrogens is 402 g/mol. The Hall–Kier alpha value is -2.57. The van der Waals surface area contributed by atoms with E-state index in [1.807, 2.05) is 53.6 Å². The molecule has 0 saturated carbocycles. The number of hydrogen-bond acceptors (Lipinski definition) is 3. The van der Waals surface area contributed by atoms with Crippen molar-refractivity contribution in [3.05, 3.63) is 87.6 Å². The fourth-order valence-electron chi connectivity index (χ4n) is 3.97. The van der Waals surface area contributed by atoms with Gasteiger partial charge in [0.05, 0.1) is 4.88 Å². The normalized spacial score (nSPS) is 15.3. The third-order valence-corrected chi connectivity index (χ3v) is 6.47. The van der Waals surface area contributed by atoms with Gasteiger partial charge in [-0.1, -0.05) is 35.9 Å². The van der Waals surface area contributed by atoms with Gasteiger partial charge in [-0.25, -0.2) is 8.78 Å². The Labute approximate surface area is 179 Å². The predicted octanol–water partition coefficient (Wildman–Crippen LogP) is 5.65. The van der Waals surface area contributed by atoms with E-state index in [0.717, 1.165) is 48.1 Å². The topological polar surface area (TPSA) is 23.6 Å². The van der Waals surface area contributed by atoms with Gasteiger partial charge in [-0.2, -0.15) is 0 Å². The fraction of sp³-hybridized carbons (Fsp3) is 0.292. The van der Waals surface area contributed by atoms with Gasteiger partial charge in [-0.05, 0) is 49.4 Å². The van der Waals surface area contributed by atoms with Crippen LogP contribution < -0.4 is 4.90 Å². The molecular formula is C24H24F2N2OS. The SMILES string of the molecule is Cc1ccc(N(C(=O)c2cccs2)C2CCN(Cc3cccc(F)c3F)CC2)cc1. The second-order valence-electron chi connectivity index (χ2n) is 7.71. The first-order valence-electron chi connectivity index (χ1n) is 10.1. The second kappa shape index (κ2) is 9.06. The molecule has 2 aromatic carbocycles. The van der Waals surface area contributed by atoms with Gasteiger partial charge < -0.3 is 4.90 Å². The summed E-state index contributed by atoms with van der Waals surface area (Å²) in [7, 11) is 0. The van der Waals surface area contributed by atoms with Crippen molar-refractivity contribution in [2.75, 3.05) is 18.0 Å². The number of halogens is 2. The number of anilines is 1. The van der Waals surface area contributed by atoms with Gasteiger partial charge in [0.1, 0.15) is 0 Å². The van der Waals surface area contributed by atoms with Gasteiger partial charge in [0.25, 0.3) is 5.91 Å². The first kappa shape index (κ1) is 20.7. The quantitative estimate of drug-likeness (QED) is 0.527. The Morgan fingerprint density at radius 3 is 2.47 bits per heavy atom. The van der Waals surface area contributed by atoms with Crippen LogP contribution in [0.2, 0.25) is 0 Å². The van der Waals surface area contributed by atoms with Crippen molar-refractivity contribution in [3.63, 3.8) is 0 Å². The zero-order chi connectivity index (χ0) is 21.1. The van der Waals surface area contributed by atoms with Crippen molar-refractivity contribution >= 4 is 22.9 Å². The van der Waals surface area contributed by atoms with E-state index in [1.54, 1.807) is 12.1 Å². The summed E-state index contributed by atoms with van der Waals surface area (Å²) in [4.78, 5) is 18.0. The van der Waals surface area contributed by atoms with Gasteiger partial charge in [0.15, 0.2) is 11.6 Å². The maximum Gasteiger partial charge on any atom is 0.268 e. The summed E-state index contributed by atoms with van der Waals surface area (Å²) in [6, 6.07) is 16.2. The molecule has 0 aliphatic carbocycles. The molecule has 6 heteroatoms. The average molecular weight is 427 g/mol. The highest BCUT2D eigenvalue weighted by molar-refractivity contribution is 7.12. The molecule has 2 heterocycles. The lowest BCUT2D eigenvalue weighted by atomic mass is 10.0. The van der Waals surface area contributed by atoms with Crippen LogP contribution in [-0.4, -0.2) is 29.9 Å². The lowest BCUT2D eigenvalue weighted by Gasteiger charge is -2.38. The number of hydrogen-bond donors (Lipinski definition) is 0. The lowest BCUT2D eigenvalue weighted by molar-refractivity contribution is 0.0962. The molecule has 0 atom stereocenters. The Bertz CT molecular complexity index is 997. The Kier molecular flexibility index (Phi) is 6.25. The molecule has 1 saturated heterocycles. The van der Waals surface area contributed by atoms with E-state index in [-0.39, 0.29) is 11.9 Å². The minimum atomic E-state index is -0.811. The van der Waals surface area contributed by atoms with Crippen LogP contribution in [0.4, 0.5) is 14.5 Å². The van der Waals surface area contributed by atoms with Crippen molar-refractivity contribution in [2.45, 2.75) is 32.4 Å². The van der Waals surface area contributed by atoms with Gasteiger partial charge in [0, 0.05) is 36.9 Å². The van der Waals surface area contributed by atoms with E-state index < -0.39 is 11.6 Å². The van der Waals surface area contributed by atoms with Crippen LogP contribution in [0, 0.1) is 18.6 Å². The number of thiophene rings is 1. The highest BCUT2D eigenvalue weighted by Gasteiger charge is 2.30. The second-order valence-corrected chi connectivity index (χ2v) is 8.66. The molecule has 1 amide bonds. The number of carbonyl (C=O) groups is 1. The smallest absolute Gasteiger partial charge is 0.268 e. The summed E-state index contributed by atoms with van der Waals surface area (Å²) in [6.45, 7) is 3.85. The van der Waals surface area contributed by atoms with Crippen molar-refractivity contribution in [2.24, 2.45) is 0 Å². The van der Waals surface area contributed by atoms with E-state index in [2.05, 4.69) is 4.90 Å². The number of nitrogens with zero attached hydrogens (tertiary/aromatic N) is 2. The largest absolute Gasteiger partial charge is 0.305 e. The van der Waals surface area contributed by atoms with Crippen molar-refractivity contribution < 1.29 is 13.6 Å². The molecule has 1 aliphatic rings. The molecule has 1 aliphatic heterocycles. The number of likely N-dealkylation sites (tertiary alicyclic amines) is 1. The van der Waals surface area contributed by atoms with Crippen LogP contribution in [0.3, 0.4) is 0 Å². The van der Waals surface area contributed by atoms with Gasteiger partial charge >= 0.3 is 0 Å². The monoisotopic (exact) mass is 426 g/mol. The maximum atomic E-state index is 14.0. The summed E-state index contributed by atoms with van der Waals surface area (Å²) in [5.41, 5.74) is 2.42. The van der Waals surface area contributed by atoms with Crippen molar-refractivity contribution in [3.8, 4) is 0 Å². The van der Waals surface area contributed by atoms with E-state index in [9.17, 15) is 13.6 Å². The van der Waals surface area contributed by atoms with E-state index in [0.29, 0.717) is 12.1 Å². The standard InChI is InChI=1S/C24H24F2N2OS/c1-17-7-9-19(10-8-17)28(24(29)22-6-3-15-30-22)20-11-13-27(14-12-20)16-18-4-2-5-21(25)23(18)26/h2-10,15,20H,11-14,16H2,1H3. The van der Waals surface area contributed by atoms with Crippen molar-refractivity contribution in [1.29, 1.82) is 0 Å². The molecule has 3 aromatic rings. The number of rotatable bonds is 5. The average Bonchev–Trinajstić information content (AvgIpc) is 3.29. The molecule has 0 bridgehead atoms. The maximum absolute atomic E-state index is 14.0. The minimum absolute atomic E-state index is 0.0171. The van der Waals surface area contributed by atoms with Crippen LogP contribution >= 0.6 is 11.3 Å². The molecule has 30 heavy (non-hydrogen) atoms. The fourth-order valence-corrected chi connectivity index (χ4v) is 4.63. The van der Waals surface area contributed by atoms with Crippen LogP contribution in [0.1, 0.15) is 33.6 Å². The highest BCUT2D eigenvalue weighted by Crippen LogP contribution is 2.28. The predicted molar refractivity (Wildman–Crippen MR) is 117 cm³/mol. The third kappa shape index (κ3) is 4.45. The van der Waals surface area contributed by atoms with Gasteiger partial charge in [0.2, 0.25) is 0 Å². The Morgan fingerprint density at radius 2 is 1.80 bits per heavy atom. The summed E-state index contributed by atoms with van der Waals surface area (Å²) in [5, 5.41) is 1.91. The summed E-state index contributed by atoms with van der Waals surface area (Å²) < 4.78 is 27.5. The molecule has 0 radical (unpaired) electrons. The van der Waals surface area contributed by atoms with Crippen molar-refractivity contribution in [1.82, 2.24) is 4.90 Å². The van der Waals surface area contributed by atoms with Crippen LogP contribution in [-0.2, 0) is 6.54 Å². The minimum Gasteiger partial charge on any atom is -0.305 e. The molecule has 156 valence electrons. The first-order chi connectivity index (χ1) is 14.5. The molecule has 0 N–H and O–H groups in total. The van der Waals surface area contributed by atoms with Gasteiger partial charge in [-0.3, -0.25) is 9.69 Å². The summed E-state index contributed by atoms with van der Waals surface area (Å²) in [5.74, 6) is -1.56. The number of piperidine rings is 1. The van der Waals surface area contributed by atoms with E-state index >= 15 is 0 Å². The molecule has 3 nitrogen and oxygen atoms in total. The van der Waals surface area contributed by atoms with Crippen LogP contribution in [0.5, 0.6) is 0 Å². The Balaban J connectivity index is 1.49. The molecule has 0 unspecified atom stereocenters. The zero-order valence-corrected chi connectivity index (χ0v) is 17.7. The summed E-state index contributed by atoms with van der Waals surface area (Å²) in [6.07, 6.45) is 1.56. The number of aryl methyl sites for hydroxylation is 1. The van der Waals surface area contributed by atoms with Crippen LogP contribution in [0.25, 0.3) is 0 Å².